The fourth-order valence-electron chi connectivity index (χ4n) is 2.66. The molecule has 4 heteroatoms. The molecule has 1 aliphatic rings. The van der Waals surface area contributed by atoms with E-state index >= 15 is 0 Å². The van der Waals surface area contributed by atoms with Crippen LogP contribution in [0.2, 0.25) is 5.02 Å². The van der Waals surface area contributed by atoms with E-state index < -0.39 is 0 Å². The van der Waals surface area contributed by atoms with Gasteiger partial charge < -0.3 is 4.42 Å². The lowest BCUT2D eigenvalue weighted by Gasteiger charge is -2.17. The van der Waals surface area contributed by atoms with Crippen molar-refractivity contribution in [1.82, 2.24) is 4.90 Å². The maximum atomic E-state index is 11.1. The lowest BCUT2D eigenvalue weighted by molar-refractivity contribution is 0.110. The number of halogens is 1. The molecule has 0 radical (unpaired) electrons. The van der Waals surface area contributed by atoms with Crippen LogP contribution in [0.5, 0.6) is 0 Å². The number of hydrogen-bond donors (Lipinski definition) is 0. The van der Waals surface area contributed by atoms with Crippen molar-refractivity contribution in [3.8, 4) is 0 Å². The van der Waals surface area contributed by atoms with Gasteiger partial charge in [-0.3, -0.25) is 9.69 Å². The average molecular weight is 264 g/mol. The van der Waals surface area contributed by atoms with Gasteiger partial charge in [0.15, 0.2) is 12.0 Å². The van der Waals surface area contributed by atoms with Crippen LogP contribution < -0.4 is 0 Å². The van der Waals surface area contributed by atoms with E-state index in [1.165, 1.54) is 0 Å². The summed E-state index contributed by atoms with van der Waals surface area (Å²) >= 11 is 6.28. The van der Waals surface area contributed by atoms with Gasteiger partial charge in [0.05, 0.1) is 0 Å². The van der Waals surface area contributed by atoms with Crippen molar-refractivity contribution in [2.45, 2.75) is 19.9 Å². The molecule has 2 heterocycles. The van der Waals surface area contributed by atoms with Crippen LogP contribution in [0, 0.1) is 0 Å². The van der Waals surface area contributed by atoms with Gasteiger partial charge in [0.1, 0.15) is 5.58 Å². The zero-order valence-electron chi connectivity index (χ0n) is 10.2. The summed E-state index contributed by atoms with van der Waals surface area (Å²) in [5.41, 5.74) is 2.86. The molecular formula is C14H14ClNO2. The van der Waals surface area contributed by atoms with Gasteiger partial charge in [-0.25, -0.2) is 0 Å². The first-order valence-electron chi connectivity index (χ1n) is 6.15. The number of aldehydes is 1. The van der Waals surface area contributed by atoms with Crippen molar-refractivity contribution in [2.75, 3.05) is 13.1 Å². The number of benzene rings is 1. The first-order chi connectivity index (χ1) is 8.74. The lowest BCUT2D eigenvalue weighted by Crippen LogP contribution is -2.24. The predicted octanol–water partition coefficient (Wildman–Crippen LogP) is 3.28. The van der Waals surface area contributed by atoms with E-state index in [-0.39, 0.29) is 0 Å². The van der Waals surface area contributed by atoms with Crippen molar-refractivity contribution in [3.05, 3.63) is 34.0 Å². The summed E-state index contributed by atoms with van der Waals surface area (Å²) < 4.78 is 5.61. The summed E-state index contributed by atoms with van der Waals surface area (Å²) in [6.45, 7) is 4.79. The Bertz CT molecular complexity index is 618. The van der Waals surface area contributed by atoms with Gasteiger partial charge in [-0.2, -0.15) is 0 Å². The third kappa shape index (κ3) is 1.66. The highest BCUT2D eigenvalue weighted by molar-refractivity contribution is 6.32. The number of furan rings is 1. The molecule has 0 aliphatic carbocycles. The highest BCUT2D eigenvalue weighted by atomic mass is 35.5. The van der Waals surface area contributed by atoms with Gasteiger partial charge in [0, 0.05) is 29.1 Å². The van der Waals surface area contributed by atoms with Gasteiger partial charge in [0.2, 0.25) is 0 Å². The smallest absolute Gasteiger partial charge is 0.185 e. The Balaban J connectivity index is 2.31. The van der Waals surface area contributed by atoms with Gasteiger partial charge >= 0.3 is 0 Å². The van der Waals surface area contributed by atoms with Crippen LogP contribution in [0.15, 0.2) is 16.5 Å². The minimum Gasteiger partial charge on any atom is -0.453 e. The average Bonchev–Trinajstić information content (AvgIpc) is 2.61. The third-order valence-electron chi connectivity index (χ3n) is 3.65. The molecule has 1 aliphatic heterocycles. The summed E-state index contributed by atoms with van der Waals surface area (Å²) in [4.78, 5) is 13.4. The molecule has 0 saturated heterocycles. The Morgan fingerprint density at radius 1 is 1.44 bits per heavy atom. The van der Waals surface area contributed by atoms with E-state index in [2.05, 4.69) is 11.8 Å². The maximum Gasteiger partial charge on any atom is 0.185 e. The molecule has 18 heavy (non-hydrogen) atoms. The fourth-order valence-corrected chi connectivity index (χ4v) is 2.91. The molecule has 0 saturated carbocycles. The molecule has 0 bridgehead atoms. The van der Waals surface area contributed by atoms with Crippen LogP contribution >= 0.6 is 11.6 Å². The van der Waals surface area contributed by atoms with Crippen LogP contribution in [-0.2, 0) is 13.0 Å². The van der Waals surface area contributed by atoms with E-state index in [1.54, 1.807) is 0 Å². The SMILES string of the molecule is CCN1CCc2c(Cl)ccc3oc(C=O)c(c23)C1. The second kappa shape index (κ2) is 4.41. The van der Waals surface area contributed by atoms with Gasteiger partial charge in [-0.15, -0.1) is 0 Å². The Morgan fingerprint density at radius 2 is 2.28 bits per heavy atom. The maximum absolute atomic E-state index is 11.1. The molecule has 0 amide bonds. The number of nitrogens with zero attached hydrogens (tertiary/aromatic N) is 1. The van der Waals surface area contributed by atoms with Crippen LogP contribution in [0.3, 0.4) is 0 Å². The molecule has 3 rings (SSSR count). The van der Waals surface area contributed by atoms with Crippen LogP contribution in [0.25, 0.3) is 11.0 Å². The van der Waals surface area contributed by atoms with Crippen molar-refractivity contribution in [2.24, 2.45) is 0 Å². The summed E-state index contributed by atoms with van der Waals surface area (Å²) in [5.74, 6) is 0.439. The van der Waals surface area contributed by atoms with E-state index in [0.717, 1.165) is 59.5 Å². The first kappa shape index (κ1) is 11.8. The molecule has 1 aromatic carbocycles. The predicted molar refractivity (Wildman–Crippen MR) is 71.3 cm³/mol. The molecule has 3 nitrogen and oxygen atoms in total. The largest absolute Gasteiger partial charge is 0.453 e. The number of rotatable bonds is 2. The Hall–Kier alpha value is -1.32. The number of likely N-dealkylation sites (N-methyl/N-ethyl adjacent to an activating group) is 1. The molecule has 0 spiro atoms. The van der Waals surface area contributed by atoms with E-state index in [9.17, 15) is 4.79 Å². The van der Waals surface area contributed by atoms with Crippen LogP contribution in [0.4, 0.5) is 0 Å². The normalized spacial score (nSPS) is 15.9. The fraction of sp³-hybridized carbons (Fsp3) is 0.357. The van der Waals surface area contributed by atoms with Gasteiger partial charge in [-0.1, -0.05) is 18.5 Å². The molecule has 1 aromatic heterocycles. The minimum atomic E-state index is 0.439. The Labute approximate surface area is 110 Å². The number of carbonyl (C=O) groups excluding carboxylic acids is 1. The first-order valence-corrected chi connectivity index (χ1v) is 6.52. The third-order valence-corrected chi connectivity index (χ3v) is 4.00. The molecule has 0 atom stereocenters. The summed E-state index contributed by atoms with van der Waals surface area (Å²) in [6, 6.07) is 3.70. The number of carbonyl (C=O) groups is 1. The van der Waals surface area contributed by atoms with E-state index in [0.29, 0.717) is 5.76 Å². The van der Waals surface area contributed by atoms with Crippen molar-refractivity contribution >= 4 is 28.9 Å². The lowest BCUT2D eigenvalue weighted by atomic mass is 10.0. The highest BCUT2D eigenvalue weighted by Crippen LogP contribution is 2.35. The monoisotopic (exact) mass is 263 g/mol. The molecule has 0 N–H and O–H groups in total. The number of hydrogen-bond acceptors (Lipinski definition) is 3. The molecule has 2 aromatic rings. The Morgan fingerprint density at radius 3 is 3.00 bits per heavy atom. The molecule has 0 fully saturated rings. The van der Waals surface area contributed by atoms with Crippen molar-refractivity contribution in [3.63, 3.8) is 0 Å². The molecule has 0 unspecified atom stereocenters. The van der Waals surface area contributed by atoms with Gasteiger partial charge in [0.25, 0.3) is 0 Å². The van der Waals surface area contributed by atoms with Crippen molar-refractivity contribution in [1.29, 1.82) is 0 Å². The second-order valence-electron chi connectivity index (χ2n) is 4.58. The minimum absolute atomic E-state index is 0.439. The van der Waals surface area contributed by atoms with Crippen molar-refractivity contribution < 1.29 is 9.21 Å². The van der Waals surface area contributed by atoms with Crippen LogP contribution in [-0.4, -0.2) is 24.3 Å². The summed E-state index contributed by atoms with van der Waals surface area (Å²) in [6.07, 6.45) is 1.70. The van der Waals surface area contributed by atoms with E-state index in [4.69, 9.17) is 16.0 Å². The summed E-state index contributed by atoms with van der Waals surface area (Å²) in [5, 5.41) is 1.81. The highest BCUT2D eigenvalue weighted by Gasteiger charge is 2.23. The molecular weight excluding hydrogens is 250 g/mol. The summed E-state index contributed by atoms with van der Waals surface area (Å²) in [7, 11) is 0. The molecule has 94 valence electrons. The second-order valence-corrected chi connectivity index (χ2v) is 4.99. The Kier molecular flexibility index (Phi) is 2.88. The quantitative estimate of drug-likeness (QED) is 0.780. The topological polar surface area (TPSA) is 33.5 Å². The zero-order valence-corrected chi connectivity index (χ0v) is 11.0. The van der Waals surface area contributed by atoms with Gasteiger partial charge in [-0.05, 0) is 30.7 Å². The zero-order chi connectivity index (χ0) is 12.7. The van der Waals surface area contributed by atoms with E-state index in [1.807, 2.05) is 12.1 Å². The standard InChI is InChI=1S/C14H14ClNO2/c1-2-16-6-5-9-11(15)3-4-12-14(9)10(7-16)13(8-17)18-12/h3-4,8H,2,5-7H2,1H3. The van der Waals surface area contributed by atoms with Crippen LogP contribution in [0.1, 0.15) is 28.6 Å².